The van der Waals surface area contributed by atoms with E-state index >= 15 is 0 Å². The summed E-state index contributed by atoms with van der Waals surface area (Å²) in [6, 6.07) is 0. The monoisotopic (exact) mass is 240 g/mol. The van der Waals surface area contributed by atoms with Gasteiger partial charge in [0, 0.05) is 23.9 Å². The van der Waals surface area contributed by atoms with Crippen LogP contribution >= 0.6 is 0 Å². The summed E-state index contributed by atoms with van der Waals surface area (Å²) in [7, 11) is 0. The zero-order valence-corrected chi connectivity index (χ0v) is 8.28. The van der Waals surface area contributed by atoms with E-state index in [0.717, 1.165) is 6.20 Å². The number of rotatable bonds is 2. The second kappa shape index (κ2) is 4.32. The molecule has 0 spiro atoms. The summed E-state index contributed by atoms with van der Waals surface area (Å²) in [5, 5.41) is 0. The van der Waals surface area contributed by atoms with E-state index in [0.29, 0.717) is 0 Å². The molecule has 0 aliphatic rings. The highest BCUT2D eigenvalue weighted by Crippen LogP contribution is 2.35. The van der Waals surface area contributed by atoms with Gasteiger partial charge in [0.25, 0.3) is 6.43 Å². The van der Waals surface area contributed by atoms with Crippen molar-refractivity contribution < 1.29 is 22.0 Å². The van der Waals surface area contributed by atoms with Crippen molar-refractivity contribution in [3.8, 4) is 0 Å². The number of pyridine rings is 1. The molecule has 0 unspecified atom stereocenters. The molecule has 2 nitrogen and oxygen atoms in total. The van der Waals surface area contributed by atoms with Gasteiger partial charge in [-0.2, -0.15) is 13.2 Å². The van der Waals surface area contributed by atoms with Gasteiger partial charge in [0.15, 0.2) is 0 Å². The molecule has 0 amide bonds. The molecule has 7 heteroatoms. The van der Waals surface area contributed by atoms with Gasteiger partial charge >= 0.3 is 6.18 Å². The Balaban J connectivity index is 3.49. The van der Waals surface area contributed by atoms with Crippen molar-refractivity contribution in [3.05, 3.63) is 28.6 Å². The maximum absolute atomic E-state index is 12.6. The van der Waals surface area contributed by atoms with Gasteiger partial charge in [0.2, 0.25) is 0 Å². The smallest absolute Gasteiger partial charge is 0.326 e. The number of halogens is 5. The lowest BCUT2D eigenvalue weighted by Gasteiger charge is -2.16. The molecule has 0 saturated carbocycles. The quantitative estimate of drug-likeness (QED) is 0.807. The van der Waals surface area contributed by atoms with E-state index in [1.165, 1.54) is 6.92 Å². The van der Waals surface area contributed by atoms with E-state index in [2.05, 4.69) is 4.98 Å². The number of aryl methyl sites for hydroxylation is 1. The van der Waals surface area contributed by atoms with Crippen molar-refractivity contribution in [1.82, 2.24) is 4.98 Å². The van der Waals surface area contributed by atoms with Gasteiger partial charge in [-0.3, -0.25) is 4.98 Å². The highest BCUT2D eigenvalue weighted by atomic mass is 19.4. The van der Waals surface area contributed by atoms with E-state index < -0.39 is 36.0 Å². The second-order valence-corrected chi connectivity index (χ2v) is 3.18. The summed E-state index contributed by atoms with van der Waals surface area (Å²) in [4.78, 5) is 3.13. The number of nitrogens with two attached hydrogens (primary N) is 1. The van der Waals surface area contributed by atoms with Crippen molar-refractivity contribution in [2.24, 2.45) is 5.73 Å². The fraction of sp³-hybridized carbons (Fsp3) is 0.444. The van der Waals surface area contributed by atoms with E-state index in [9.17, 15) is 22.0 Å². The van der Waals surface area contributed by atoms with Crippen LogP contribution in [0.5, 0.6) is 0 Å². The number of aromatic nitrogens is 1. The number of hydrogen-bond acceptors (Lipinski definition) is 2. The van der Waals surface area contributed by atoms with Crippen LogP contribution in [0.3, 0.4) is 0 Å². The van der Waals surface area contributed by atoms with Gasteiger partial charge < -0.3 is 5.73 Å². The first-order chi connectivity index (χ1) is 7.29. The molecule has 90 valence electrons. The third kappa shape index (κ3) is 2.29. The average Bonchev–Trinajstić information content (AvgIpc) is 2.14. The minimum Gasteiger partial charge on any atom is -0.326 e. The predicted octanol–water partition coefficient (Wildman–Crippen LogP) is 2.81. The minimum atomic E-state index is -4.77. The van der Waals surface area contributed by atoms with Crippen LogP contribution in [0.1, 0.15) is 28.8 Å². The molecular weight excluding hydrogens is 231 g/mol. The molecule has 0 aromatic carbocycles. The third-order valence-corrected chi connectivity index (χ3v) is 2.11. The van der Waals surface area contributed by atoms with Crippen LogP contribution in [0.4, 0.5) is 22.0 Å². The predicted molar refractivity (Wildman–Crippen MR) is 46.8 cm³/mol. The standard InChI is InChI=1S/C9H9F5N2/c1-4-3-16-7(9(12,13)14)5(2-15)6(4)8(10)11/h3,8H,2,15H2,1H3. The Kier molecular flexibility index (Phi) is 3.47. The first-order valence-electron chi connectivity index (χ1n) is 4.32. The summed E-state index contributed by atoms with van der Waals surface area (Å²) < 4.78 is 62.5. The molecule has 0 bridgehead atoms. The van der Waals surface area contributed by atoms with E-state index in [1.54, 1.807) is 0 Å². The average molecular weight is 240 g/mol. The number of hydrogen-bond donors (Lipinski definition) is 1. The Hall–Kier alpha value is -1.24. The Labute approximate surface area is 88.3 Å². The third-order valence-electron chi connectivity index (χ3n) is 2.11. The molecule has 1 aromatic heterocycles. The molecule has 0 atom stereocenters. The van der Waals surface area contributed by atoms with Crippen LogP contribution < -0.4 is 5.73 Å². The Morgan fingerprint density at radius 3 is 2.31 bits per heavy atom. The lowest BCUT2D eigenvalue weighted by atomic mass is 10.0. The zero-order valence-electron chi connectivity index (χ0n) is 8.28. The SMILES string of the molecule is Cc1cnc(C(F)(F)F)c(CN)c1C(F)F. The van der Waals surface area contributed by atoms with Crippen LogP contribution in [0.15, 0.2) is 6.20 Å². The van der Waals surface area contributed by atoms with E-state index in [1.807, 2.05) is 0 Å². The molecule has 0 aliphatic carbocycles. The van der Waals surface area contributed by atoms with E-state index in [4.69, 9.17) is 5.73 Å². The summed E-state index contributed by atoms with van der Waals surface area (Å²) in [6.07, 6.45) is -6.99. The molecule has 1 heterocycles. The fourth-order valence-electron chi connectivity index (χ4n) is 1.43. The van der Waals surface area contributed by atoms with Crippen LogP contribution in [0.2, 0.25) is 0 Å². The van der Waals surface area contributed by atoms with Crippen molar-refractivity contribution in [1.29, 1.82) is 0 Å². The van der Waals surface area contributed by atoms with Crippen molar-refractivity contribution >= 4 is 0 Å². The van der Waals surface area contributed by atoms with Gasteiger partial charge in [0.1, 0.15) is 5.69 Å². The van der Waals surface area contributed by atoms with E-state index in [-0.39, 0.29) is 5.56 Å². The molecule has 0 fully saturated rings. The Morgan fingerprint density at radius 1 is 1.38 bits per heavy atom. The summed E-state index contributed by atoms with van der Waals surface area (Å²) in [5.41, 5.74) is 2.43. The maximum Gasteiger partial charge on any atom is 0.433 e. The minimum absolute atomic E-state index is 0.00319. The highest BCUT2D eigenvalue weighted by Gasteiger charge is 2.37. The number of nitrogens with zero attached hydrogens (tertiary/aromatic N) is 1. The lowest BCUT2D eigenvalue weighted by Crippen LogP contribution is -2.17. The number of alkyl halides is 5. The van der Waals surface area contributed by atoms with Gasteiger partial charge in [-0.15, -0.1) is 0 Å². The zero-order chi connectivity index (χ0) is 12.5. The molecule has 1 aromatic rings. The topological polar surface area (TPSA) is 38.9 Å². The van der Waals surface area contributed by atoms with Crippen LogP contribution in [0, 0.1) is 6.92 Å². The Bertz CT molecular complexity index is 386. The normalized spacial score (nSPS) is 12.2. The molecule has 0 saturated heterocycles. The fourth-order valence-corrected chi connectivity index (χ4v) is 1.43. The summed E-state index contributed by atoms with van der Waals surface area (Å²) in [5.74, 6) is 0. The van der Waals surface area contributed by atoms with Gasteiger partial charge in [-0.05, 0) is 12.5 Å². The molecule has 2 N–H and O–H groups in total. The van der Waals surface area contributed by atoms with Gasteiger partial charge in [0.05, 0.1) is 0 Å². The maximum atomic E-state index is 12.6. The van der Waals surface area contributed by atoms with Gasteiger partial charge in [-0.1, -0.05) is 0 Å². The van der Waals surface area contributed by atoms with Gasteiger partial charge in [-0.25, -0.2) is 8.78 Å². The van der Waals surface area contributed by atoms with Crippen LogP contribution in [-0.2, 0) is 12.7 Å². The first kappa shape index (κ1) is 12.8. The van der Waals surface area contributed by atoms with Crippen LogP contribution in [-0.4, -0.2) is 4.98 Å². The second-order valence-electron chi connectivity index (χ2n) is 3.18. The molecule has 1 rings (SSSR count). The molecule has 16 heavy (non-hydrogen) atoms. The first-order valence-corrected chi connectivity index (χ1v) is 4.32. The van der Waals surface area contributed by atoms with Crippen molar-refractivity contribution in [2.75, 3.05) is 0 Å². The van der Waals surface area contributed by atoms with Crippen molar-refractivity contribution in [3.63, 3.8) is 0 Å². The Morgan fingerprint density at radius 2 is 1.94 bits per heavy atom. The van der Waals surface area contributed by atoms with Crippen molar-refractivity contribution in [2.45, 2.75) is 26.1 Å². The summed E-state index contributed by atoms with van der Waals surface area (Å²) >= 11 is 0. The molecular formula is C9H9F5N2. The highest BCUT2D eigenvalue weighted by molar-refractivity contribution is 5.38. The lowest BCUT2D eigenvalue weighted by molar-refractivity contribution is -0.142. The van der Waals surface area contributed by atoms with Crippen LogP contribution in [0.25, 0.3) is 0 Å². The largest absolute Gasteiger partial charge is 0.433 e. The summed E-state index contributed by atoms with van der Waals surface area (Å²) in [6.45, 7) is 0.650. The molecule has 0 radical (unpaired) electrons. The molecule has 0 aliphatic heterocycles.